The Labute approximate surface area is 172 Å². The molecule has 154 valence electrons. The molecular weight excluding hydrogens is 372 g/mol. The molecule has 0 spiro atoms. The number of piperazine rings is 1. The summed E-state index contributed by atoms with van der Waals surface area (Å²) in [5.74, 6) is 0.664. The van der Waals surface area contributed by atoms with E-state index < -0.39 is 0 Å². The number of anilines is 1. The van der Waals surface area contributed by atoms with Gasteiger partial charge in [0, 0.05) is 50.6 Å². The van der Waals surface area contributed by atoms with Gasteiger partial charge in [-0.2, -0.15) is 5.26 Å². The Morgan fingerprint density at radius 2 is 1.96 bits per heavy atom. The molecule has 0 bridgehead atoms. The molecule has 1 aromatic rings. The number of unbranched alkanes of at least 4 members (excludes halogenated alkanes) is 1. The zero-order chi connectivity index (χ0) is 19.9. The van der Waals surface area contributed by atoms with Crippen molar-refractivity contribution < 1.29 is 9.90 Å². The van der Waals surface area contributed by atoms with Crippen LogP contribution in [0, 0.1) is 17.2 Å². The van der Waals surface area contributed by atoms with Crippen LogP contribution in [0.2, 0.25) is 0 Å². The van der Waals surface area contributed by atoms with Crippen LogP contribution in [0.5, 0.6) is 0 Å². The molecule has 1 aromatic heterocycles. The molecule has 0 radical (unpaired) electrons. The molecule has 0 saturated carbocycles. The van der Waals surface area contributed by atoms with Crippen LogP contribution >= 0.6 is 11.3 Å². The molecule has 1 atom stereocenters. The zero-order valence-corrected chi connectivity index (χ0v) is 17.7. The lowest BCUT2D eigenvalue weighted by Crippen LogP contribution is -2.47. The van der Waals surface area contributed by atoms with Crippen molar-refractivity contribution in [1.82, 2.24) is 9.80 Å². The van der Waals surface area contributed by atoms with Gasteiger partial charge < -0.3 is 20.2 Å². The zero-order valence-electron chi connectivity index (χ0n) is 16.9. The van der Waals surface area contributed by atoms with E-state index in [1.807, 2.05) is 0 Å². The van der Waals surface area contributed by atoms with E-state index in [0.717, 1.165) is 76.4 Å². The number of hydrogen-bond donors (Lipinski definition) is 2. The maximum absolute atomic E-state index is 12.5. The molecule has 2 N–H and O–H groups in total. The van der Waals surface area contributed by atoms with E-state index in [0.29, 0.717) is 17.9 Å². The summed E-state index contributed by atoms with van der Waals surface area (Å²) >= 11 is 1.60. The molecular formula is C21H32N4O2S. The first kappa shape index (κ1) is 21.3. The smallest absolute Gasteiger partial charge is 0.226 e. The molecule has 2 heterocycles. The van der Waals surface area contributed by atoms with Crippen LogP contribution in [0.25, 0.3) is 0 Å². The molecule has 7 heteroatoms. The van der Waals surface area contributed by atoms with Crippen LogP contribution in [0.4, 0.5) is 5.00 Å². The largest absolute Gasteiger partial charge is 0.396 e. The second-order valence-corrected chi connectivity index (χ2v) is 9.19. The predicted molar refractivity (Wildman–Crippen MR) is 113 cm³/mol. The lowest BCUT2D eigenvalue weighted by molar-refractivity contribution is -0.116. The Morgan fingerprint density at radius 1 is 1.25 bits per heavy atom. The second kappa shape index (κ2) is 10.4. The normalized spacial score (nSPS) is 20.5. The Morgan fingerprint density at radius 3 is 2.64 bits per heavy atom. The number of nitrogens with one attached hydrogen (secondary N) is 1. The van der Waals surface area contributed by atoms with Crippen LogP contribution < -0.4 is 5.32 Å². The van der Waals surface area contributed by atoms with Crippen molar-refractivity contribution in [2.45, 2.75) is 45.4 Å². The van der Waals surface area contributed by atoms with Gasteiger partial charge >= 0.3 is 0 Å². The van der Waals surface area contributed by atoms with E-state index in [1.54, 1.807) is 11.3 Å². The molecule has 2 aliphatic rings. The number of rotatable bonds is 8. The third kappa shape index (κ3) is 5.54. The number of amides is 1. The first-order chi connectivity index (χ1) is 13.6. The SMILES string of the molecule is C[C@@H]1CCc2c(sc(NC(=O)CCN3CCN(CCCCO)CC3)c2C#N)C1. The lowest BCUT2D eigenvalue weighted by atomic mass is 9.89. The van der Waals surface area contributed by atoms with Gasteiger partial charge in [-0.25, -0.2) is 0 Å². The molecule has 1 aliphatic heterocycles. The Kier molecular flexibility index (Phi) is 7.86. The van der Waals surface area contributed by atoms with Crippen LogP contribution in [-0.2, 0) is 17.6 Å². The number of aliphatic hydroxyl groups excluding tert-OH is 1. The van der Waals surface area contributed by atoms with Gasteiger partial charge in [-0.3, -0.25) is 4.79 Å². The van der Waals surface area contributed by atoms with E-state index in [9.17, 15) is 10.1 Å². The molecule has 1 saturated heterocycles. The van der Waals surface area contributed by atoms with Crippen molar-refractivity contribution in [2.24, 2.45) is 5.92 Å². The van der Waals surface area contributed by atoms with Gasteiger partial charge in [-0.05, 0) is 50.1 Å². The highest BCUT2D eigenvalue weighted by atomic mass is 32.1. The summed E-state index contributed by atoms with van der Waals surface area (Å²) in [6.07, 6.45) is 5.48. The second-order valence-electron chi connectivity index (χ2n) is 8.08. The number of nitriles is 1. The first-order valence-electron chi connectivity index (χ1n) is 10.5. The number of nitrogens with zero attached hydrogens (tertiary/aromatic N) is 3. The predicted octanol–water partition coefficient (Wildman–Crippen LogP) is 2.46. The van der Waals surface area contributed by atoms with Gasteiger partial charge in [0.15, 0.2) is 0 Å². The quantitative estimate of drug-likeness (QED) is 0.651. The molecule has 1 aliphatic carbocycles. The Bertz CT molecular complexity index is 704. The summed E-state index contributed by atoms with van der Waals surface area (Å²) in [5.41, 5.74) is 1.86. The minimum absolute atomic E-state index is 0.00789. The highest BCUT2D eigenvalue weighted by Gasteiger charge is 2.25. The molecule has 1 fully saturated rings. The van der Waals surface area contributed by atoms with E-state index in [-0.39, 0.29) is 12.5 Å². The standard InChI is InChI=1S/C21H32N4O2S/c1-16-4-5-17-18(15-22)21(28-19(17)14-16)23-20(27)6-8-25-11-9-24(10-12-25)7-2-3-13-26/h16,26H,2-14H2,1H3,(H,23,27)/t16-/m1/s1. The monoisotopic (exact) mass is 404 g/mol. The fourth-order valence-electron chi connectivity index (χ4n) is 4.09. The minimum atomic E-state index is 0.00789. The van der Waals surface area contributed by atoms with E-state index in [2.05, 4.69) is 28.1 Å². The highest BCUT2D eigenvalue weighted by molar-refractivity contribution is 7.16. The maximum Gasteiger partial charge on any atom is 0.226 e. The average Bonchev–Trinajstić information content (AvgIpc) is 3.03. The molecule has 1 amide bonds. The lowest BCUT2D eigenvalue weighted by Gasteiger charge is -2.34. The third-order valence-electron chi connectivity index (χ3n) is 5.88. The molecule has 0 aromatic carbocycles. The minimum Gasteiger partial charge on any atom is -0.396 e. The fourth-order valence-corrected chi connectivity index (χ4v) is 5.47. The molecule has 0 unspecified atom stereocenters. The van der Waals surface area contributed by atoms with E-state index >= 15 is 0 Å². The van der Waals surface area contributed by atoms with Crippen molar-refractivity contribution in [1.29, 1.82) is 5.26 Å². The van der Waals surface area contributed by atoms with Gasteiger partial charge in [-0.15, -0.1) is 11.3 Å². The number of thiophene rings is 1. The van der Waals surface area contributed by atoms with Crippen LogP contribution in [0.3, 0.4) is 0 Å². The number of hydrogen-bond acceptors (Lipinski definition) is 6. The topological polar surface area (TPSA) is 79.6 Å². The summed E-state index contributed by atoms with van der Waals surface area (Å²) < 4.78 is 0. The van der Waals surface area contributed by atoms with Crippen LogP contribution in [-0.4, -0.2) is 66.7 Å². The van der Waals surface area contributed by atoms with E-state index in [1.165, 1.54) is 10.4 Å². The van der Waals surface area contributed by atoms with Crippen molar-refractivity contribution in [2.75, 3.05) is 51.2 Å². The van der Waals surface area contributed by atoms with Gasteiger partial charge in [0.25, 0.3) is 0 Å². The van der Waals surface area contributed by atoms with Crippen LogP contribution in [0.1, 0.15) is 48.6 Å². The molecule has 3 rings (SSSR count). The summed E-state index contributed by atoms with van der Waals surface area (Å²) in [7, 11) is 0. The van der Waals surface area contributed by atoms with Gasteiger partial charge in [0.1, 0.15) is 11.1 Å². The third-order valence-corrected chi connectivity index (χ3v) is 7.05. The fraction of sp³-hybridized carbons (Fsp3) is 0.714. The highest BCUT2D eigenvalue weighted by Crippen LogP contribution is 2.39. The van der Waals surface area contributed by atoms with E-state index in [4.69, 9.17) is 5.11 Å². The average molecular weight is 405 g/mol. The van der Waals surface area contributed by atoms with Crippen molar-refractivity contribution in [3.63, 3.8) is 0 Å². The van der Waals surface area contributed by atoms with Gasteiger partial charge in [0.05, 0.1) is 5.56 Å². The van der Waals surface area contributed by atoms with Crippen molar-refractivity contribution in [3.8, 4) is 6.07 Å². The summed E-state index contributed by atoms with van der Waals surface area (Å²) in [4.78, 5) is 18.5. The number of aliphatic hydroxyl groups is 1. The first-order valence-corrected chi connectivity index (χ1v) is 11.3. The van der Waals surface area contributed by atoms with Crippen molar-refractivity contribution >= 4 is 22.2 Å². The summed E-state index contributed by atoms with van der Waals surface area (Å²) in [6.45, 7) is 8.37. The number of carbonyl (C=O) groups is 1. The summed E-state index contributed by atoms with van der Waals surface area (Å²) in [6, 6.07) is 2.32. The van der Waals surface area contributed by atoms with Crippen molar-refractivity contribution in [3.05, 3.63) is 16.0 Å². The maximum atomic E-state index is 12.5. The van der Waals surface area contributed by atoms with Gasteiger partial charge in [0.2, 0.25) is 5.91 Å². The van der Waals surface area contributed by atoms with Gasteiger partial charge in [-0.1, -0.05) is 6.92 Å². The van der Waals surface area contributed by atoms with Crippen LogP contribution in [0.15, 0.2) is 0 Å². The molecule has 28 heavy (non-hydrogen) atoms. The Hall–Kier alpha value is -1.46. The Balaban J connectivity index is 1.44. The number of fused-ring (bicyclic) bond motifs is 1. The summed E-state index contributed by atoms with van der Waals surface area (Å²) in [5, 5.41) is 22.2. The molecule has 6 nitrogen and oxygen atoms in total. The number of carbonyl (C=O) groups excluding carboxylic acids is 1.